The second-order valence-corrected chi connectivity index (χ2v) is 4.97. The average molecular weight is 273 g/mol. The zero-order chi connectivity index (χ0) is 14.4. The molecule has 1 heterocycles. The first-order valence-electron chi connectivity index (χ1n) is 7.19. The van der Waals surface area contributed by atoms with Gasteiger partial charge in [-0.25, -0.2) is 0 Å². The van der Waals surface area contributed by atoms with Gasteiger partial charge in [0, 0.05) is 53.8 Å². The molecule has 0 aliphatic rings. The Morgan fingerprint density at radius 1 is 1.25 bits per heavy atom. The molecule has 0 spiro atoms. The fourth-order valence-electron chi connectivity index (χ4n) is 2.16. The van der Waals surface area contributed by atoms with E-state index in [1.165, 1.54) is 0 Å². The van der Waals surface area contributed by atoms with Crippen molar-refractivity contribution in [2.24, 2.45) is 0 Å². The first-order valence-corrected chi connectivity index (χ1v) is 7.19. The van der Waals surface area contributed by atoms with Crippen molar-refractivity contribution in [1.82, 2.24) is 4.98 Å². The standard InChI is InChI=1S/C16H23N3O/c1-3-8-20-9-4-7-18-16-6-5-15(17)14-11-19-12(2)10-13(14)16/h5-6,10-11,18H,3-4,7-9,17H2,1-2H3. The molecule has 0 aliphatic carbocycles. The monoisotopic (exact) mass is 273 g/mol. The molecule has 0 saturated carbocycles. The van der Waals surface area contributed by atoms with Crippen molar-refractivity contribution in [3.8, 4) is 0 Å². The van der Waals surface area contributed by atoms with Crippen molar-refractivity contribution < 1.29 is 4.74 Å². The van der Waals surface area contributed by atoms with Crippen molar-refractivity contribution in [1.29, 1.82) is 0 Å². The van der Waals surface area contributed by atoms with Crippen LogP contribution in [0.15, 0.2) is 24.4 Å². The van der Waals surface area contributed by atoms with E-state index in [9.17, 15) is 0 Å². The number of rotatable bonds is 7. The maximum atomic E-state index is 6.00. The number of nitrogens with zero attached hydrogens (tertiary/aromatic N) is 1. The molecule has 0 radical (unpaired) electrons. The van der Waals surface area contributed by atoms with Gasteiger partial charge < -0.3 is 15.8 Å². The van der Waals surface area contributed by atoms with Gasteiger partial charge in [0.25, 0.3) is 0 Å². The summed E-state index contributed by atoms with van der Waals surface area (Å²) < 4.78 is 5.48. The molecule has 0 atom stereocenters. The second kappa shape index (κ2) is 7.10. The van der Waals surface area contributed by atoms with Crippen molar-refractivity contribution >= 4 is 22.1 Å². The Balaban J connectivity index is 2.03. The number of fused-ring (bicyclic) bond motifs is 1. The molecular formula is C16H23N3O. The number of benzene rings is 1. The maximum Gasteiger partial charge on any atom is 0.0482 e. The smallest absolute Gasteiger partial charge is 0.0482 e. The van der Waals surface area contributed by atoms with Crippen LogP contribution in [0.25, 0.3) is 10.8 Å². The predicted molar refractivity (Wildman–Crippen MR) is 85.1 cm³/mol. The van der Waals surface area contributed by atoms with Gasteiger partial charge in [-0.05, 0) is 38.0 Å². The maximum absolute atomic E-state index is 6.00. The van der Waals surface area contributed by atoms with Crippen LogP contribution in [-0.2, 0) is 4.74 Å². The van der Waals surface area contributed by atoms with Crippen molar-refractivity contribution in [2.45, 2.75) is 26.7 Å². The fourth-order valence-corrected chi connectivity index (χ4v) is 2.16. The molecule has 4 nitrogen and oxygen atoms in total. The minimum absolute atomic E-state index is 0.768. The van der Waals surface area contributed by atoms with Crippen molar-refractivity contribution in [2.75, 3.05) is 30.8 Å². The molecule has 0 bridgehead atoms. The zero-order valence-corrected chi connectivity index (χ0v) is 12.3. The van der Waals surface area contributed by atoms with Crippen molar-refractivity contribution in [3.63, 3.8) is 0 Å². The van der Waals surface area contributed by atoms with E-state index in [0.29, 0.717) is 0 Å². The summed E-state index contributed by atoms with van der Waals surface area (Å²) in [5.41, 5.74) is 8.87. The highest BCUT2D eigenvalue weighted by molar-refractivity contribution is 6.00. The topological polar surface area (TPSA) is 60.2 Å². The number of ether oxygens (including phenoxy) is 1. The van der Waals surface area contributed by atoms with Gasteiger partial charge in [-0.15, -0.1) is 0 Å². The summed E-state index contributed by atoms with van der Waals surface area (Å²) in [4.78, 5) is 4.31. The quantitative estimate of drug-likeness (QED) is 0.600. The molecule has 0 fully saturated rings. The number of pyridine rings is 1. The molecule has 0 saturated heterocycles. The summed E-state index contributed by atoms with van der Waals surface area (Å²) in [6, 6.07) is 6.03. The van der Waals surface area contributed by atoms with Gasteiger partial charge >= 0.3 is 0 Å². The van der Waals surface area contributed by atoms with Crippen molar-refractivity contribution in [3.05, 3.63) is 30.1 Å². The Kier molecular flexibility index (Phi) is 5.18. The van der Waals surface area contributed by atoms with Gasteiger partial charge in [-0.2, -0.15) is 0 Å². The van der Waals surface area contributed by atoms with Crippen LogP contribution in [0.1, 0.15) is 25.5 Å². The lowest BCUT2D eigenvalue weighted by Gasteiger charge is -2.12. The molecule has 20 heavy (non-hydrogen) atoms. The Morgan fingerprint density at radius 3 is 2.90 bits per heavy atom. The molecule has 2 rings (SSSR count). The Bertz CT molecular complexity index is 569. The van der Waals surface area contributed by atoms with E-state index in [-0.39, 0.29) is 0 Å². The SMILES string of the molecule is CCCOCCCNc1ccc(N)c2cnc(C)cc12. The van der Waals surface area contributed by atoms with Crippen LogP contribution in [0.5, 0.6) is 0 Å². The number of nitrogens with one attached hydrogen (secondary N) is 1. The van der Waals surface area contributed by atoms with E-state index in [0.717, 1.165) is 60.4 Å². The molecule has 108 valence electrons. The summed E-state index contributed by atoms with van der Waals surface area (Å²) >= 11 is 0. The lowest BCUT2D eigenvalue weighted by Crippen LogP contribution is -2.07. The van der Waals surface area contributed by atoms with E-state index < -0.39 is 0 Å². The number of hydrogen-bond donors (Lipinski definition) is 2. The lowest BCUT2D eigenvalue weighted by molar-refractivity contribution is 0.134. The molecule has 1 aromatic heterocycles. The summed E-state index contributed by atoms with van der Waals surface area (Å²) in [5.74, 6) is 0. The third-order valence-electron chi connectivity index (χ3n) is 3.20. The minimum atomic E-state index is 0.768. The first kappa shape index (κ1) is 14.6. The number of aryl methyl sites for hydroxylation is 1. The van der Waals surface area contributed by atoms with Gasteiger partial charge in [0.1, 0.15) is 0 Å². The first-order chi connectivity index (χ1) is 9.72. The molecule has 0 unspecified atom stereocenters. The van der Waals surface area contributed by atoms with E-state index in [2.05, 4.69) is 23.3 Å². The average Bonchev–Trinajstić information content (AvgIpc) is 2.45. The highest BCUT2D eigenvalue weighted by atomic mass is 16.5. The van der Waals surface area contributed by atoms with E-state index in [4.69, 9.17) is 10.5 Å². The largest absolute Gasteiger partial charge is 0.398 e. The van der Waals surface area contributed by atoms with Crippen LogP contribution in [0, 0.1) is 6.92 Å². The zero-order valence-electron chi connectivity index (χ0n) is 12.3. The molecule has 2 aromatic rings. The van der Waals surface area contributed by atoms with Crippen LogP contribution in [0.4, 0.5) is 11.4 Å². The molecule has 0 aliphatic heterocycles. The third-order valence-corrected chi connectivity index (χ3v) is 3.20. The van der Waals surface area contributed by atoms with Crippen LogP contribution in [0.2, 0.25) is 0 Å². The van der Waals surface area contributed by atoms with Crippen LogP contribution < -0.4 is 11.1 Å². The summed E-state index contributed by atoms with van der Waals surface area (Å²) in [6.45, 7) is 6.65. The Hall–Kier alpha value is -1.81. The number of hydrogen-bond acceptors (Lipinski definition) is 4. The number of nitrogens with two attached hydrogens (primary N) is 1. The second-order valence-electron chi connectivity index (χ2n) is 4.97. The van der Waals surface area contributed by atoms with Gasteiger partial charge in [0.2, 0.25) is 0 Å². The molecule has 3 N–H and O–H groups in total. The van der Waals surface area contributed by atoms with Gasteiger partial charge in [0.05, 0.1) is 0 Å². The number of aromatic nitrogens is 1. The number of nitrogen functional groups attached to an aromatic ring is 1. The van der Waals surface area contributed by atoms with E-state index in [1.807, 2.05) is 25.3 Å². The Morgan fingerprint density at radius 2 is 2.10 bits per heavy atom. The normalized spacial score (nSPS) is 10.9. The highest BCUT2D eigenvalue weighted by Crippen LogP contribution is 2.28. The van der Waals surface area contributed by atoms with Crippen LogP contribution >= 0.6 is 0 Å². The van der Waals surface area contributed by atoms with Gasteiger partial charge in [0.15, 0.2) is 0 Å². The van der Waals surface area contributed by atoms with Gasteiger partial charge in [-0.3, -0.25) is 4.98 Å². The van der Waals surface area contributed by atoms with E-state index >= 15 is 0 Å². The molecule has 1 aromatic carbocycles. The summed E-state index contributed by atoms with van der Waals surface area (Å²) in [6.07, 6.45) is 3.91. The van der Waals surface area contributed by atoms with Gasteiger partial charge in [-0.1, -0.05) is 6.92 Å². The van der Waals surface area contributed by atoms with Crippen LogP contribution in [-0.4, -0.2) is 24.7 Å². The fraction of sp³-hybridized carbons (Fsp3) is 0.438. The molecule has 0 amide bonds. The third kappa shape index (κ3) is 3.61. The molecular weight excluding hydrogens is 250 g/mol. The molecule has 4 heteroatoms. The minimum Gasteiger partial charge on any atom is -0.398 e. The van der Waals surface area contributed by atoms with Crippen LogP contribution in [0.3, 0.4) is 0 Å². The predicted octanol–water partition coefficient (Wildman–Crippen LogP) is 3.35. The summed E-state index contributed by atoms with van der Waals surface area (Å²) in [7, 11) is 0. The lowest BCUT2D eigenvalue weighted by atomic mass is 10.1. The highest BCUT2D eigenvalue weighted by Gasteiger charge is 2.04. The van der Waals surface area contributed by atoms with E-state index in [1.54, 1.807) is 0 Å². The summed E-state index contributed by atoms with van der Waals surface area (Å²) in [5, 5.41) is 5.59. The Labute approximate surface area is 120 Å². The number of anilines is 2.